The van der Waals surface area contributed by atoms with Crippen molar-refractivity contribution in [2.45, 2.75) is 19.5 Å². The Bertz CT molecular complexity index is 1040. The standard InChI is InChI=1S/C20H14F3NO/c1-2-16-13-15-8-6-7-14(11-12-20(21,22)23)18(15)19(25)24(16)17-9-4-3-5-10-17/h3-10,13H,2H2,1H3. The van der Waals surface area contributed by atoms with E-state index in [-0.39, 0.29) is 16.5 Å². The molecule has 0 unspecified atom stereocenters. The molecule has 3 rings (SSSR count). The number of alkyl halides is 3. The summed E-state index contributed by atoms with van der Waals surface area (Å²) in [4.78, 5) is 13.1. The molecule has 0 saturated heterocycles. The van der Waals surface area contributed by atoms with E-state index in [4.69, 9.17) is 0 Å². The van der Waals surface area contributed by atoms with Crippen molar-refractivity contribution in [2.75, 3.05) is 0 Å². The molecular formula is C20H14F3NO. The van der Waals surface area contributed by atoms with Crippen molar-refractivity contribution < 1.29 is 13.2 Å². The van der Waals surface area contributed by atoms with Crippen LogP contribution in [0.1, 0.15) is 18.2 Å². The summed E-state index contributed by atoms with van der Waals surface area (Å²) in [5, 5.41) is 0.781. The summed E-state index contributed by atoms with van der Waals surface area (Å²) >= 11 is 0. The summed E-state index contributed by atoms with van der Waals surface area (Å²) in [5.74, 6) is 3.34. The number of para-hydroxylation sites is 1. The van der Waals surface area contributed by atoms with Crippen LogP contribution in [0.4, 0.5) is 13.2 Å². The average Bonchev–Trinajstić information content (AvgIpc) is 2.59. The molecule has 0 saturated carbocycles. The normalized spacial score (nSPS) is 11.2. The molecule has 3 aromatic rings. The lowest BCUT2D eigenvalue weighted by Gasteiger charge is -2.14. The fourth-order valence-electron chi connectivity index (χ4n) is 2.78. The third-order valence-electron chi connectivity index (χ3n) is 3.84. The molecule has 1 aromatic heterocycles. The third kappa shape index (κ3) is 3.43. The number of fused-ring (bicyclic) bond motifs is 1. The van der Waals surface area contributed by atoms with Gasteiger partial charge in [0.2, 0.25) is 0 Å². The van der Waals surface area contributed by atoms with Gasteiger partial charge < -0.3 is 0 Å². The van der Waals surface area contributed by atoms with Gasteiger partial charge in [0.1, 0.15) is 0 Å². The van der Waals surface area contributed by atoms with Gasteiger partial charge in [0.05, 0.1) is 5.39 Å². The zero-order chi connectivity index (χ0) is 18.0. The van der Waals surface area contributed by atoms with Crippen LogP contribution in [0.25, 0.3) is 16.5 Å². The Labute approximate surface area is 142 Å². The molecule has 2 aromatic carbocycles. The first-order valence-corrected chi connectivity index (χ1v) is 7.73. The van der Waals surface area contributed by atoms with Crippen LogP contribution < -0.4 is 5.56 Å². The Morgan fingerprint density at radius 1 is 1.04 bits per heavy atom. The molecule has 0 aliphatic heterocycles. The molecule has 0 fully saturated rings. The highest BCUT2D eigenvalue weighted by Crippen LogP contribution is 2.20. The highest BCUT2D eigenvalue weighted by atomic mass is 19.4. The van der Waals surface area contributed by atoms with Gasteiger partial charge in [-0.25, -0.2) is 0 Å². The molecule has 0 bridgehead atoms. The second-order valence-corrected chi connectivity index (χ2v) is 5.48. The zero-order valence-corrected chi connectivity index (χ0v) is 13.4. The van der Waals surface area contributed by atoms with Gasteiger partial charge in [0, 0.05) is 22.9 Å². The molecule has 2 nitrogen and oxygen atoms in total. The van der Waals surface area contributed by atoms with Crippen molar-refractivity contribution in [1.29, 1.82) is 0 Å². The van der Waals surface area contributed by atoms with Gasteiger partial charge in [0.25, 0.3) is 5.56 Å². The number of halogens is 3. The van der Waals surface area contributed by atoms with E-state index in [1.54, 1.807) is 36.4 Å². The predicted molar refractivity (Wildman–Crippen MR) is 91.9 cm³/mol. The summed E-state index contributed by atoms with van der Waals surface area (Å²) in [5.41, 5.74) is 1.16. The van der Waals surface area contributed by atoms with Crippen molar-refractivity contribution in [2.24, 2.45) is 0 Å². The fraction of sp³-hybridized carbons (Fsp3) is 0.150. The average molecular weight is 341 g/mol. The Morgan fingerprint density at radius 2 is 1.76 bits per heavy atom. The molecule has 0 aliphatic carbocycles. The Hall–Kier alpha value is -3.00. The number of rotatable bonds is 2. The summed E-state index contributed by atoms with van der Waals surface area (Å²) in [6, 6.07) is 15.6. The van der Waals surface area contributed by atoms with Crippen molar-refractivity contribution in [3.63, 3.8) is 0 Å². The monoisotopic (exact) mass is 341 g/mol. The maximum atomic E-state index is 13.1. The quantitative estimate of drug-likeness (QED) is 0.631. The summed E-state index contributed by atoms with van der Waals surface area (Å²) in [6.07, 6.45) is -4.00. The number of aryl methyl sites for hydroxylation is 1. The number of aromatic nitrogens is 1. The van der Waals surface area contributed by atoms with Crippen LogP contribution in [0, 0.1) is 11.8 Å². The molecule has 126 valence electrons. The van der Waals surface area contributed by atoms with E-state index < -0.39 is 6.18 Å². The van der Waals surface area contributed by atoms with Gasteiger partial charge >= 0.3 is 6.18 Å². The lowest BCUT2D eigenvalue weighted by atomic mass is 10.0. The van der Waals surface area contributed by atoms with Crippen LogP contribution >= 0.6 is 0 Å². The van der Waals surface area contributed by atoms with E-state index in [2.05, 4.69) is 5.92 Å². The van der Waals surface area contributed by atoms with Crippen molar-refractivity contribution in [1.82, 2.24) is 4.57 Å². The van der Waals surface area contributed by atoms with Crippen molar-refractivity contribution in [3.05, 3.63) is 76.2 Å². The maximum absolute atomic E-state index is 13.1. The van der Waals surface area contributed by atoms with Crippen molar-refractivity contribution in [3.8, 4) is 17.5 Å². The van der Waals surface area contributed by atoms with E-state index >= 15 is 0 Å². The predicted octanol–water partition coefficient (Wildman–Crippen LogP) is 4.47. The topological polar surface area (TPSA) is 22.0 Å². The van der Waals surface area contributed by atoms with Crippen LogP contribution in [0.2, 0.25) is 0 Å². The van der Waals surface area contributed by atoms with Gasteiger partial charge in [-0.2, -0.15) is 13.2 Å². The maximum Gasteiger partial charge on any atom is 0.458 e. The van der Waals surface area contributed by atoms with Crippen molar-refractivity contribution >= 4 is 10.8 Å². The minimum Gasteiger partial charge on any atom is -0.281 e. The van der Waals surface area contributed by atoms with E-state index in [0.717, 1.165) is 5.69 Å². The summed E-state index contributed by atoms with van der Waals surface area (Å²) in [7, 11) is 0. The molecule has 0 amide bonds. The van der Waals surface area contributed by atoms with E-state index in [9.17, 15) is 18.0 Å². The van der Waals surface area contributed by atoms with Crippen LogP contribution in [0.3, 0.4) is 0 Å². The first-order valence-electron chi connectivity index (χ1n) is 7.73. The van der Waals surface area contributed by atoms with Gasteiger partial charge in [0.15, 0.2) is 0 Å². The third-order valence-corrected chi connectivity index (χ3v) is 3.84. The van der Waals surface area contributed by atoms with Gasteiger partial charge in [-0.15, -0.1) is 0 Å². The highest BCUT2D eigenvalue weighted by Gasteiger charge is 2.23. The van der Waals surface area contributed by atoms with E-state index in [0.29, 0.717) is 17.5 Å². The SMILES string of the molecule is CCc1cc2cccc(C#CC(F)(F)F)c2c(=O)n1-c1ccccc1. The lowest BCUT2D eigenvalue weighted by molar-refractivity contribution is -0.0696. The zero-order valence-electron chi connectivity index (χ0n) is 13.4. The molecule has 0 radical (unpaired) electrons. The Kier molecular flexibility index (Phi) is 4.37. The first kappa shape index (κ1) is 16.8. The smallest absolute Gasteiger partial charge is 0.281 e. The molecule has 0 aliphatic rings. The van der Waals surface area contributed by atoms with Gasteiger partial charge in [-0.3, -0.25) is 9.36 Å². The van der Waals surface area contributed by atoms with E-state index in [1.165, 1.54) is 16.6 Å². The van der Waals surface area contributed by atoms with Gasteiger partial charge in [-0.1, -0.05) is 43.2 Å². The summed E-state index contributed by atoms with van der Waals surface area (Å²) < 4.78 is 38.9. The molecule has 25 heavy (non-hydrogen) atoms. The second kappa shape index (κ2) is 6.48. The molecule has 0 atom stereocenters. The van der Waals surface area contributed by atoms with Crippen LogP contribution in [0.5, 0.6) is 0 Å². The highest BCUT2D eigenvalue weighted by molar-refractivity contribution is 5.88. The second-order valence-electron chi connectivity index (χ2n) is 5.48. The number of hydrogen-bond acceptors (Lipinski definition) is 1. The van der Waals surface area contributed by atoms with Crippen LogP contribution in [0.15, 0.2) is 59.4 Å². The lowest BCUT2D eigenvalue weighted by Crippen LogP contribution is -2.22. The minimum absolute atomic E-state index is 0.0761. The number of pyridine rings is 1. The molecule has 0 spiro atoms. The Balaban J connectivity index is 2.37. The molecule has 1 heterocycles. The fourth-order valence-corrected chi connectivity index (χ4v) is 2.78. The molecule has 5 heteroatoms. The number of nitrogens with zero attached hydrogens (tertiary/aromatic N) is 1. The van der Waals surface area contributed by atoms with E-state index in [1.807, 2.05) is 19.1 Å². The molecule has 0 N–H and O–H groups in total. The first-order chi connectivity index (χ1) is 11.9. The Morgan fingerprint density at radius 3 is 2.40 bits per heavy atom. The minimum atomic E-state index is -4.61. The summed E-state index contributed by atoms with van der Waals surface area (Å²) in [6.45, 7) is 1.92. The van der Waals surface area contributed by atoms with Crippen LogP contribution in [-0.2, 0) is 6.42 Å². The largest absolute Gasteiger partial charge is 0.458 e. The molecular weight excluding hydrogens is 327 g/mol. The van der Waals surface area contributed by atoms with Gasteiger partial charge in [-0.05, 0) is 36.1 Å². The number of hydrogen-bond donors (Lipinski definition) is 0. The van der Waals surface area contributed by atoms with Crippen LogP contribution in [-0.4, -0.2) is 10.7 Å². The number of benzene rings is 2.